The number of nitrogens with one attached hydrogen (secondary N) is 1. The van der Waals surface area contributed by atoms with E-state index in [9.17, 15) is 13.2 Å². The molecule has 0 aliphatic rings. The van der Waals surface area contributed by atoms with Crippen LogP contribution in [0.5, 0.6) is 5.75 Å². The molecule has 2 aromatic carbocycles. The van der Waals surface area contributed by atoms with Crippen LogP contribution in [0, 0.1) is 13.8 Å². The van der Waals surface area contributed by atoms with Crippen molar-refractivity contribution in [1.29, 1.82) is 0 Å². The van der Waals surface area contributed by atoms with Gasteiger partial charge in [-0.1, -0.05) is 29.8 Å². The molecule has 0 atom stereocenters. The molecule has 0 radical (unpaired) electrons. The highest BCUT2D eigenvalue weighted by atomic mass is 32.2. The number of sulfonamides is 1. The Bertz CT molecular complexity index is 1220. The van der Waals surface area contributed by atoms with Crippen molar-refractivity contribution in [2.75, 3.05) is 26.0 Å². The molecule has 9 heteroatoms. The number of amides is 1. The van der Waals surface area contributed by atoms with Crippen LogP contribution in [0.15, 0.2) is 47.4 Å². The van der Waals surface area contributed by atoms with Crippen molar-refractivity contribution in [3.8, 4) is 17.0 Å². The highest BCUT2D eigenvalue weighted by Crippen LogP contribution is 2.31. The van der Waals surface area contributed by atoms with Crippen LogP contribution in [-0.2, 0) is 21.2 Å². The fourth-order valence-corrected chi connectivity index (χ4v) is 5.14. The number of hydrogen-bond acceptors (Lipinski definition) is 6. The Morgan fingerprint density at radius 2 is 1.81 bits per heavy atom. The van der Waals surface area contributed by atoms with Crippen LogP contribution in [0.25, 0.3) is 11.3 Å². The maximum atomic E-state index is 12.8. The van der Waals surface area contributed by atoms with E-state index in [1.165, 1.54) is 31.5 Å². The summed E-state index contributed by atoms with van der Waals surface area (Å²) in [5.74, 6) is -0.00156. The van der Waals surface area contributed by atoms with Crippen LogP contribution in [0.2, 0.25) is 0 Å². The smallest absolute Gasteiger partial charge is 0.246 e. The number of carbonyl (C=O) groups is 1. The number of anilines is 1. The summed E-state index contributed by atoms with van der Waals surface area (Å²) in [4.78, 5) is 18.3. The first-order chi connectivity index (χ1) is 15.1. The van der Waals surface area contributed by atoms with E-state index < -0.39 is 10.0 Å². The number of thiazole rings is 1. The molecule has 170 valence electrons. The normalized spacial score (nSPS) is 11.6. The number of aromatic nitrogens is 1. The lowest BCUT2D eigenvalue weighted by molar-refractivity contribution is -0.115. The van der Waals surface area contributed by atoms with Gasteiger partial charge in [0.05, 0.1) is 23.7 Å². The molecule has 0 fully saturated rings. The molecule has 7 nitrogen and oxygen atoms in total. The zero-order chi connectivity index (χ0) is 23.5. The van der Waals surface area contributed by atoms with Crippen molar-refractivity contribution in [2.24, 2.45) is 0 Å². The summed E-state index contributed by atoms with van der Waals surface area (Å²) in [6, 6.07) is 12.6. The van der Waals surface area contributed by atoms with E-state index >= 15 is 0 Å². The van der Waals surface area contributed by atoms with Crippen LogP contribution in [-0.4, -0.2) is 44.3 Å². The largest absolute Gasteiger partial charge is 0.492 e. The number of nitrogens with zero attached hydrogens (tertiary/aromatic N) is 2. The van der Waals surface area contributed by atoms with E-state index in [0.717, 1.165) is 31.0 Å². The zero-order valence-electron chi connectivity index (χ0n) is 18.8. The van der Waals surface area contributed by atoms with Crippen LogP contribution in [0.4, 0.5) is 5.69 Å². The summed E-state index contributed by atoms with van der Waals surface area (Å²) in [5, 5.41) is 3.69. The van der Waals surface area contributed by atoms with Gasteiger partial charge in [-0.05, 0) is 39.0 Å². The molecule has 32 heavy (non-hydrogen) atoms. The lowest BCUT2D eigenvalue weighted by Gasteiger charge is -2.16. The van der Waals surface area contributed by atoms with Gasteiger partial charge in [0, 0.05) is 30.2 Å². The minimum absolute atomic E-state index is 0.0103. The SMILES string of the molecule is CCOc1ccc(NC(=O)Cc2sc(C)nc2-c2ccc(C)cc2)cc1S(=O)(=O)N(C)C. The predicted molar refractivity (Wildman–Crippen MR) is 128 cm³/mol. The van der Waals surface area contributed by atoms with Crippen LogP contribution in [0.3, 0.4) is 0 Å². The van der Waals surface area contributed by atoms with E-state index in [4.69, 9.17) is 4.74 Å². The first-order valence-electron chi connectivity index (χ1n) is 10.1. The van der Waals surface area contributed by atoms with Crippen molar-refractivity contribution in [3.05, 3.63) is 57.9 Å². The van der Waals surface area contributed by atoms with Crippen LogP contribution < -0.4 is 10.1 Å². The van der Waals surface area contributed by atoms with Gasteiger partial charge >= 0.3 is 0 Å². The molecule has 1 amide bonds. The maximum absolute atomic E-state index is 12.8. The number of ether oxygens (including phenoxy) is 1. The molecule has 0 spiro atoms. The van der Waals surface area contributed by atoms with Gasteiger partial charge in [0.2, 0.25) is 15.9 Å². The Morgan fingerprint density at radius 1 is 1.12 bits per heavy atom. The third kappa shape index (κ3) is 5.35. The fourth-order valence-electron chi connectivity index (χ4n) is 3.14. The van der Waals surface area contributed by atoms with E-state index in [1.54, 1.807) is 19.1 Å². The molecule has 0 saturated carbocycles. The second kappa shape index (κ2) is 9.81. The van der Waals surface area contributed by atoms with Gasteiger partial charge in [-0.15, -0.1) is 11.3 Å². The predicted octanol–water partition coefficient (Wildman–Crippen LogP) is 4.26. The van der Waals surface area contributed by atoms with Gasteiger partial charge in [-0.3, -0.25) is 4.79 Å². The Balaban J connectivity index is 1.85. The quantitative estimate of drug-likeness (QED) is 0.528. The minimum Gasteiger partial charge on any atom is -0.492 e. The molecule has 1 N–H and O–H groups in total. The number of rotatable bonds is 8. The molecule has 0 saturated heterocycles. The summed E-state index contributed by atoms with van der Waals surface area (Å²) in [6.07, 6.45) is 0.137. The van der Waals surface area contributed by atoms with Gasteiger partial charge in [0.25, 0.3) is 0 Å². The molecule has 0 aliphatic heterocycles. The van der Waals surface area contributed by atoms with Gasteiger partial charge in [-0.25, -0.2) is 17.7 Å². The van der Waals surface area contributed by atoms with E-state index in [1.807, 2.05) is 38.1 Å². The topological polar surface area (TPSA) is 88.6 Å². The number of hydrogen-bond donors (Lipinski definition) is 1. The monoisotopic (exact) mass is 473 g/mol. The average molecular weight is 474 g/mol. The van der Waals surface area contributed by atoms with Crippen LogP contribution >= 0.6 is 11.3 Å². The van der Waals surface area contributed by atoms with Crippen molar-refractivity contribution >= 4 is 33.0 Å². The molecule has 1 aromatic heterocycles. The molecule has 1 heterocycles. The maximum Gasteiger partial charge on any atom is 0.246 e. The first-order valence-corrected chi connectivity index (χ1v) is 12.4. The zero-order valence-corrected chi connectivity index (χ0v) is 20.4. The summed E-state index contributed by atoms with van der Waals surface area (Å²) in [6.45, 7) is 6.04. The first kappa shape index (κ1) is 23.9. The van der Waals surface area contributed by atoms with E-state index in [-0.39, 0.29) is 23.0 Å². The molecular weight excluding hydrogens is 446 g/mol. The Morgan fingerprint density at radius 3 is 2.44 bits per heavy atom. The molecular formula is C23H27N3O4S2. The van der Waals surface area contributed by atoms with Gasteiger partial charge in [-0.2, -0.15) is 0 Å². The van der Waals surface area contributed by atoms with Crippen molar-refractivity contribution < 1.29 is 17.9 Å². The number of benzene rings is 2. The van der Waals surface area contributed by atoms with Gasteiger partial charge < -0.3 is 10.1 Å². The standard InChI is InChI=1S/C23H27N3O4S2/c1-6-30-19-12-11-18(13-21(19)32(28,29)26(4)5)25-22(27)14-20-23(24-16(3)31-20)17-9-7-15(2)8-10-17/h7-13H,6,14H2,1-5H3,(H,25,27). The summed E-state index contributed by atoms with van der Waals surface area (Å²) in [5.41, 5.74) is 3.30. The highest BCUT2D eigenvalue weighted by Gasteiger charge is 2.23. The Labute approximate surface area is 193 Å². The summed E-state index contributed by atoms with van der Waals surface area (Å²) in [7, 11) is -0.834. The van der Waals surface area contributed by atoms with Gasteiger partial charge in [0.15, 0.2) is 0 Å². The summed E-state index contributed by atoms with van der Waals surface area (Å²) < 4.78 is 32.0. The van der Waals surface area contributed by atoms with Crippen molar-refractivity contribution in [1.82, 2.24) is 9.29 Å². The van der Waals surface area contributed by atoms with Crippen LogP contribution in [0.1, 0.15) is 22.4 Å². The minimum atomic E-state index is -3.74. The van der Waals surface area contributed by atoms with Crippen molar-refractivity contribution in [2.45, 2.75) is 32.1 Å². The van der Waals surface area contributed by atoms with Gasteiger partial charge in [0.1, 0.15) is 10.6 Å². The second-order valence-corrected chi connectivity index (χ2v) is 10.9. The second-order valence-electron chi connectivity index (χ2n) is 7.48. The number of aryl methyl sites for hydroxylation is 2. The average Bonchev–Trinajstić information content (AvgIpc) is 3.09. The lowest BCUT2D eigenvalue weighted by Crippen LogP contribution is -2.23. The third-order valence-corrected chi connectivity index (χ3v) is 7.54. The third-order valence-electron chi connectivity index (χ3n) is 4.74. The molecule has 0 bridgehead atoms. The number of carbonyl (C=O) groups excluding carboxylic acids is 1. The van der Waals surface area contributed by atoms with E-state index in [2.05, 4.69) is 10.3 Å². The Hall–Kier alpha value is -2.75. The molecule has 0 aliphatic carbocycles. The lowest BCUT2D eigenvalue weighted by atomic mass is 10.1. The van der Waals surface area contributed by atoms with E-state index in [0.29, 0.717) is 12.3 Å². The highest BCUT2D eigenvalue weighted by molar-refractivity contribution is 7.89. The van der Waals surface area contributed by atoms with Crippen molar-refractivity contribution in [3.63, 3.8) is 0 Å². The molecule has 3 aromatic rings. The molecule has 0 unspecified atom stereocenters. The molecule has 3 rings (SSSR count). The summed E-state index contributed by atoms with van der Waals surface area (Å²) >= 11 is 1.48. The fraction of sp³-hybridized carbons (Fsp3) is 0.304. The Kier molecular flexibility index (Phi) is 7.33.